The van der Waals surface area contributed by atoms with Crippen LogP contribution in [0.2, 0.25) is 0 Å². The first-order valence-corrected chi connectivity index (χ1v) is 13.3. The predicted octanol–water partition coefficient (Wildman–Crippen LogP) is 3.87. The number of sulfone groups is 1. The maximum absolute atomic E-state index is 12.4. The second kappa shape index (κ2) is 9.01. The molecule has 2 heterocycles. The van der Waals surface area contributed by atoms with E-state index in [0.29, 0.717) is 15.9 Å². The van der Waals surface area contributed by atoms with Gasteiger partial charge < -0.3 is 5.32 Å². The Bertz CT molecular complexity index is 1200. The summed E-state index contributed by atoms with van der Waals surface area (Å²) in [6.45, 7) is 0. The molecular weight excluding hydrogens is 459 g/mol. The van der Waals surface area contributed by atoms with Crippen molar-refractivity contribution >= 4 is 51.1 Å². The molecule has 1 amide bonds. The maximum atomic E-state index is 12.4. The highest BCUT2D eigenvalue weighted by atomic mass is 32.2. The lowest BCUT2D eigenvalue weighted by atomic mass is 10.1. The lowest BCUT2D eigenvalue weighted by Crippen LogP contribution is -2.35. The van der Waals surface area contributed by atoms with Crippen LogP contribution in [0.1, 0.15) is 22.3 Å². The largest absolute Gasteiger partial charge is 0.348 e. The molecule has 1 aliphatic rings. The number of aromatic nitrogens is 2. The fourth-order valence-electron chi connectivity index (χ4n) is 3.13. The van der Waals surface area contributed by atoms with Gasteiger partial charge >= 0.3 is 0 Å². The van der Waals surface area contributed by atoms with E-state index in [1.165, 1.54) is 16.9 Å². The van der Waals surface area contributed by atoms with Gasteiger partial charge in [0, 0.05) is 17.4 Å². The second-order valence-corrected chi connectivity index (χ2v) is 12.0. The van der Waals surface area contributed by atoms with Gasteiger partial charge in [-0.1, -0.05) is 53.4 Å². The molecule has 3 aromatic rings. The van der Waals surface area contributed by atoms with E-state index >= 15 is 0 Å². The molecule has 0 saturated carbocycles. The summed E-state index contributed by atoms with van der Waals surface area (Å²) < 4.78 is 26.3. The van der Waals surface area contributed by atoms with E-state index in [9.17, 15) is 13.2 Å². The molecule has 0 bridgehead atoms. The zero-order valence-electron chi connectivity index (χ0n) is 15.9. The molecule has 4 rings (SSSR count). The summed E-state index contributed by atoms with van der Waals surface area (Å²) in [5.41, 5.74) is 2.48. The minimum atomic E-state index is -3.03. The van der Waals surface area contributed by atoms with Gasteiger partial charge in [0.2, 0.25) is 0 Å². The molecule has 1 N–H and O–H groups in total. The number of nitrogens with zero attached hydrogens (tertiary/aromatic N) is 2. The van der Waals surface area contributed by atoms with Gasteiger partial charge in [-0.2, -0.15) is 0 Å². The Kier molecular flexibility index (Phi) is 6.37. The van der Waals surface area contributed by atoms with Gasteiger partial charge in [0.15, 0.2) is 18.1 Å². The molecule has 1 fully saturated rings. The molecule has 1 saturated heterocycles. The summed E-state index contributed by atoms with van der Waals surface area (Å²) in [4.78, 5) is 12.4. The third kappa shape index (κ3) is 5.18. The Morgan fingerprint density at radius 2 is 1.93 bits per heavy atom. The Balaban J connectivity index is 1.42. The average molecular weight is 478 g/mol. The highest BCUT2D eigenvalue weighted by Gasteiger charge is 2.29. The first kappa shape index (κ1) is 21.2. The van der Waals surface area contributed by atoms with Crippen LogP contribution in [-0.2, 0) is 15.6 Å². The van der Waals surface area contributed by atoms with Crippen molar-refractivity contribution in [1.82, 2.24) is 15.1 Å². The van der Waals surface area contributed by atoms with E-state index < -0.39 is 9.84 Å². The van der Waals surface area contributed by atoms with Crippen molar-refractivity contribution in [2.45, 2.75) is 22.6 Å². The van der Waals surface area contributed by atoms with Gasteiger partial charge in [-0.25, -0.2) is 13.1 Å². The van der Waals surface area contributed by atoms with Crippen molar-refractivity contribution in [3.63, 3.8) is 0 Å². The summed E-state index contributed by atoms with van der Waals surface area (Å²) in [6, 6.07) is 16.8. The van der Waals surface area contributed by atoms with Crippen LogP contribution in [0, 0.1) is 3.95 Å². The molecule has 0 aliphatic carbocycles. The van der Waals surface area contributed by atoms with Gasteiger partial charge in [-0.15, -0.1) is 5.10 Å². The van der Waals surface area contributed by atoms with E-state index in [4.69, 9.17) is 12.2 Å². The smallest absolute Gasteiger partial charge is 0.251 e. The topological polar surface area (TPSA) is 81.1 Å². The Morgan fingerprint density at radius 1 is 1.20 bits per heavy atom. The zero-order chi connectivity index (χ0) is 21.1. The number of thioether (sulfide) groups is 1. The van der Waals surface area contributed by atoms with Crippen LogP contribution >= 0.6 is 35.3 Å². The quantitative estimate of drug-likeness (QED) is 0.429. The molecule has 1 unspecified atom stereocenters. The summed E-state index contributed by atoms with van der Waals surface area (Å²) in [5.74, 6) is 0.682. The average Bonchev–Trinajstić information content (AvgIpc) is 3.28. The van der Waals surface area contributed by atoms with E-state index in [2.05, 4.69) is 22.5 Å². The summed E-state index contributed by atoms with van der Waals surface area (Å²) in [7, 11) is -3.03. The number of rotatable bonds is 6. The van der Waals surface area contributed by atoms with E-state index in [0.717, 1.165) is 15.8 Å². The van der Waals surface area contributed by atoms with E-state index in [-0.39, 0.29) is 23.5 Å². The number of carbonyl (C=O) groups excluding carboxylic acids is 1. The van der Waals surface area contributed by atoms with Crippen LogP contribution in [0.5, 0.6) is 0 Å². The monoisotopic (exact) mass is 477 g/mol. The minimum Gasteiger partial charge on any atom is -0.348 e. The number of amides is 1. The van der Waals surface area contributed by atoms with Crippen LogP contribution in [-0.4, -0.2) is 41.7 Å². The van der Waals surface area contributed by atoms with Gasteiger partial charge in [0.25, 0.3) is 5.91 Å². The molecule has 10 heteroatoms. The first-order chi connectivity index (χ1) is 14.4. The lowest BCUT2D eigenvalue weighted by Gasteiger charge is -2.11. The summed E-state index contributed by atoms with van der Waals surface area (Å²) >= 11 is 8.55. The zero-order valence-corrected chi connectivity index (χ0v) is 19.1. The number of hydrogen-bond acceptors (Lipinski definition) is 7. The number of hydrogen-bond donors (Lipinski definition) is 1. The van der Waals surface area contributed by atoms with E-state index in [1.54, 1.807) is 40.7 Å². The van der Waals surface area contributed by atoms with Crippen LogP contribution in [0.15, 0.2) is 58.9 Å². The van der Waals surface area contributed by atoms with Gasteiger partial charge in [-0.3, -0.25) is 4.79 Å². The van der Waals surface area contributed by atoms with Crippen LogP contribution < -0.4 is 5.32 Å². The molecule has 0 radical (unpaired) electrons. The first-order valence-electron chi connectivity index (χ1n) is 9.28. The summed E-state index contributed by atoms with van der Waals surface area (Å²) in [6.07, 6.45) is 0.462. The molecule has 6 nitrogen and oxygen atoms in total. The van der Waals surface area contributed by atoms with E-state index in [1.807, 2.05) is 18.2 Å². The van der Waals surface area contributed by atoms with Crippen LogP contribution in [0.25, 0.3) is 5.69 Å². The molecule has 30 heavy (non-hydrogen) atoms. The Hall–Kier alpha value is -2.01. The number of nitrogens with one attached hydrogen (secondary N) is 1. The van der Waals surface area contributed by atoms with Gasteiger partial charge in [0.1, 0.15) is 0 Å². The normalized spacial score (nSPS) is 17.7. The van der Waals surface area contributed by atoms with Gasteiger partial charge in [-0.05, 0) is 48.5 Å². The van der Waals surface area contributed by atoms with Crippen molar-refractivity contribution < 1.29 is 13.2 Å². The van der Waals surface area contributed by atoms with Gasteiger partial charge in [0.05, 0.1) is 17.2 Å². The van der Waals surface area contributed by atoms with Crippen molar-refractivity contribution in [3.8, 4) is 5.69 Å². The number of carbonyl (C=O) groups is 1. The number of benzene rings is 2. The SMILES string of the molecule is O=C(NC1CCS(=O)(=O)C1)c1ccc(-n2nc(SCc3ccccc3)sc2=S)cc1. The predicted molar refractivity (Wildman–Crippen MR) is 123 cm³/mol. The Morgan fingerprint density at radius 3 is 2.60 bits per heavy atom. The van der Waals surface area contributed by atoms with Crippen molar-refractivity contribution in [2.75, 3.05) is 11.5 Å². The molecular formula is C20H19N3O3S4. The lowest BCUT2D eigenvalue weighted by molar-refractivity contribution is 0.0941. The van der Waals surface area contributed by atoms with Crippen molar-refractivity contribution in [3.05, 3.63) is 69.7 Å². The molecule has 1 atom stereocenters. The second-order valence-electron chi connectivity index (χ2n) is 6.94. The standard InChI is InChI=1S/C20H19N3O3S4/c24-18(21-16-10-11-30(25,26)13-16)15-6-8-17(9-7-15)23-20(27)29-19(22-23)28-12-14-4-2-1-3-5-14/h1-9,16H,10-13H2,(H,21,24). The molecule has 1 aliphatic heterocycles. The van der Waals surface area contributed by atoms with Crippen LogP contribution in [0.3, 0.4) is 0 Å². The fraction of sp³-hybridized carbons (Fsp3) is 0.250. The third-order valence-electron chi connectivity index (χ3n) is 4.68. The highest BCUT2D eigenvalue weighted by molar-refractivity contribution is 8.00. The van der Waals surface area contributed by atoms with Crippen molar-refractivity contribution in [1.29, 1.82) is 0 Å². The Labute approximate surface area is 188 Å². The van der Waals surface area contributed by atoms with Crippen molar-refractivity contribution in [2.24, 2.45) is 0 Å². The maximum Gasteiger partial charge on any atom is 0.251 e. The molecule has 0 spiro atoms. The van der Waals surface area contributed by atoms with Crippen LogP contribution in [0.4, 0.5) is 0 Å². The molecule has 1 aromatic heterocycles. The third-order valence-corrected chi connectivity index (χ3v) is 8.88. The highest BCUT2D eigenvalue weighted by Crippen LogP contribution is 2.27. The molecule has 2 aromatic carbocycles. The fourth-order valence-corrected chi connectivity index (χ4v) is 7.12. The molecule has 156 valence electrons. The summed E-state index contributed by atoms with van der Waals surface area (Å²) in [5, 5.41) is 7.39. The minimum absolute atomic E-state index is 0.00817.